The van der Waals surface area contributed by atoms with Gasteiger partial charge in [-0.3, -0.25) is 14.4 Å². The first kappa shape index (κ1) is 29.1. The van der Waals surface area contributed by atoms with Crippen molar-refractivity contribution in [3.05, 3.63) is 83.9 Å². The fraction of sp³-hybridized carbons (Fsp3) is 0.452. The van der Waals surface area contributed by atoms with Crippen molar-refractivity contribution in [2.24, 2.45) is 11.8 Å². The van der Waals surface area contributed by atoms with E-state index in [2.05, 4.69) is 10.6 Å². The van der Waals surface area contributed by atoms with E-state index in [0.717, 1.165) is 24.0 Å². The molecule has 3 rings (SSSR count). The molecule has 4 atom stereocenters. The standard InChI is InChI=1S/C31H40N2O5/c1-23(21-34)32-29(35)20-26-16-10-2-3-11-17-27(18-24-12-6-4-7-13-24)31(37)38-22-28(33-30(26)36)19-25-14-8-5-9-15-25/h2,4-10,12-15,23,26-28,34H,3,11,16-22H2,1H3,(H,32,35)(H,33,36)/t23-,26-,27-,28+/m1/s1. The number of carbonyl (C=O) groups excluding carboxylic acids is 3. The molecule has 3 N–H and O–H groups in total. The second kappa shape index (κ2) is 15.7. The number of ether oxygens (including phenoxy) is 1. The number of hydrogen-bond acceptors (Lipinski definition) is 5. The Morgan fingerprint density at radius 2 is 1.66 bits per heavy atom. The van der Waals surface area contributed by atoms with Crippen molar-refractivity contribution in [1.82, 2.24) is 10.6 Å². The molecule has 0 unspecified atom stereocenters. The predicted molar refractivity (Wildman–Crippen MR) is 147 cm³/mol. The number of nitrogens with one attached hydrogen (secondary N) is 2. The second-order valence-corrected chi connectivity index (χ2v) is 10.1. The summed E-state index contributed by atoms with van der Waals surface area (Å²) in [6.07, 6.45) is 7.83. The summed E-state index contributed by atoms with van der Waals surface area (Å²) in [5.41, 5.74) is 2.11. The smallest absolute Gasteiger partial charge is 0.309 e. The Hall–Kier alpha value is -3.45. The first-order valence-electron chi connectivity index (χ1n) is 13.5. The third-order valence-corrected chi connectivity index (χ3v) is 6.75. The molecular weight excluding hydrogens is 480 g/mol. The van der Waals surface area contributed by atoms with Crippen molar-refractivity contribution < 1.29 is 24.2 Å². The van der Waals surface area contributed by atoms with Gasteiger partial charge in [0.1, 0.15) is 6.61 Å². The summed E-state index contributed by atoms with van der Waals surface area (Å²) in [5, 5.41) is 15.0. The average molecular weight is 521 g/mol. The summed E-state index contributed by atoms with van der Waals surface area (Å²) in [4.78, 5) is 39.0. The van der Waals surface area contributed by atoms with E-state index >= 15 is 0 Å². The van der Waals surface area contributed by atoms with E-state index in [9.17, 15) is 19.5 Å². The van der Waals surface area contributed by atoms with E-state index in [0.29, 0.717) is 25.7 Å². The number of hydrogen-bond donors (Lipinski definition) is 3. The van der Waals surface area contributed by atoms with Crippen molar-refractivity contribution >= 4 is 17.8 Å². The van der Waals surface area contributed by atoms with Crippen molar-refractivity contribution in [2.75, 3.05) is 13.2 Å². The summed E-state index contributed by atoms with van der Waals surface area (Å²) in [6, 6.07) is 18.9. The van der Waals surface area contributed by atoms with Crippen LogP contribution in [0.4, 0.5) is 0 Å². The lowest BCUT2D eigenvalue weighted by Crippen LogP contribution is -2.45. The van der Waals surface area contributed by atoms with E-state index in [1.807, 2.05) is 72.8 Å². The monoisotopic (exact) mass is 520 g/mol. The van der Waals surface area contributed by atoms with Crippen LogP contribution in [-0.2, 0) is 32.0 Å². The maximum absolute atomic E-state index is 13.3. The van der Waals surface area contributed by atoms with E-state index in [1.54, 1.807) is 6.92 Å². The van der Waals surface area contributed by atoms with Crippen molar-refractivity contribution in [2.45, 2.75) is 64.0 Å². The zero-order valence-electron chi connectivity index (χ0n) is 22.2. The molecule has 0 saturated heterocycles. The number of cyclic esters (lactones) is 1. The molecule has 0 fully saturated rings. The van der Waals surface area contributed by atoms with Crippen LogP contribution >= 0.6 is 0 Å². The lowest BCUT2D eigenvalue weighted by molar-refractivity contribution is -0.150. The normalized spacial score (nSPS) is 22.0. The van der Waals surface area contributed by atoms with Gasteiger partial charge in [0.2, 0.25) is 11.8 Å². The Labute approximate surface area is 225 Å². The number of amides is 2. The summed E-state index contributed by atoms with van der Waals surface area (Å²) in [7, 11) is 0. The molecule has 0 bridgehead atoms. The Kier molecular flexibility index (Phi) is 12.0. The van der Waals surface area contributed by atoms with E-state index < -0.39 is 12.0 Å². The SMILES string of the molecule is C[C@H](CO)NC(=O)C[C@H]1CC=CCCC[C@H](Cc2ccccc2)C(=O)OC[C@H](Cc2ccccc2)NC1=O. The summed E-state index contributed by atoms with van der Waals surface area (Å²) < 4.78 is 5.81. The Balaban J connectivity index is 1.77. The van der Waals surface area contributed by atoms with Gasteiger partial charge in [0.15, 0.2) is 0 Å². The van der Waals surface area contributed by atoms with Gasteiger partial charge in [-0.2, -0.15) is 0 Å². The molecular formula is C31H40N2O5. The number of carbonyl (C=O) groups is 3. The Morgan fingerprint density at radius 1 is 1.00 bits per heavy atom. The van der Waals surface area contributed by atoms with Gasteiger partial charge in [0.05, 0.1) is 24.5 Å². The van der Waals surface area contributed by atoms with Gasteiger partial charge < -0.3 is 20.5 Å². The maximum atomic E-state index is 13.3. The first-order chi connectivity index (χ1) is 18.4. The highest BCUT2D eigenvalue weighted by atomic mass is 16.5. The molecule has 2 amide bonds. The van der Waals surface area contributed by atoms with Crippen molar-refractivity contribution in [3.8, 4) is 0 Å². The van der Waals surface area contributed by atoms with Gasteiger partial charge in [0, 0.05) is 12.5 Å². The summed E-state index contributed by atoms with van der Waals surface area (Å²) in [5.74, 6) is -1.62. The number of esters is 1. The minimum Gasteiger partial charge on any atom is -0.463 e. The predicted octanol–water partition coefficient (Wildman–Crippen LogP) is 3.75. The molecule has 0 aromatic heterocycles. The molecule has 0 aliphatic carbocycles. The second-order valence-electron chi connectivity index (χ2n) is 10.1. The fourth-order valence-electron chi connectivity index (χ4n) is 4.62. The van der Waals surface area contributed by atoms with Crippen molar-refractivity contribution in [1.29, 1.82) is 0 Å². The number of rotatable bonds is 8. The summed E-state index contributed by atoms with van der Waals surface area (Å²) in [6.45, 7) is 1.60. The minimum atomic E-state index is -0.570. The maximum Gasteiger partial charge on any atom is 0.309 e. The molecule has 1 aliphatic heterocycles. The molecule has 38 heavy (non-hydrogen) atoms. The minimum absolute atomic E-state index is 0.0114. The van der Waals surface area contributed by atoms with Crippen LogP contribution in [0.5, 0.6) is 0 Å². The zero-order valence-corrected chi connectivity index (χ0v) is 22.2. The molecule has 204 valence electrons. The highest BCUT2D eigenvalue weighted by Gasteiger charge is 2.27. The van der Waals surface area contributed by atoms with Crippen LogP contribution in [0.25, 0.3) is 0 Å². The largest absolute Gasteiger partial charge is 0.463 e. The Morgan fingerprint density at radius 3 is 2.32 bits per heavy atom. The third-order valence-electron chi connectivity index (χ3n) is 6.75. The lowest BCUT2D eigenvalue weighted by atomic mass is 9.93. The van der Waals surface area contributed by atoms with Gasteiger partial charge in [-0.05, 0) is 56.6 Å². The van der Waals surface area contributed by atoms with E-state index in [1.165, 1.54) is 0 Å². The van der Waals surface area contributed by atoms with Crippen molar-refractivity contribution in [3.63, 3.8) is 0 Å². The van der Waals surface area contributed by atoms with Crippen LogP contribution in [0.1, 0.15) is 50.2 Å². The molecule has 0 saturated carbocycles. The van der Waals surface area contributed by atoms with Crippen LogP contribution in [-0.4, -0.2) is 48.2 Å². The van der Waals surface area contributed by atoms with Gasteiger partial charge >= 0.3 is 5.97 Å². The summed E-state index contributed by atoms with van der Waals surface area (Å²) >= 11 is 0. The zero-order chi connectivity index (χ0) is 27.2. The highest BCUT2D eigenvalue weighted by molar-refractivity contribution is 5.86. The number of allylic oxidation sites excluding steroid dienone is 2. The number of benzene rings is 2. The molecule has 7 heteroatoms. The first-order valence-corrected chi connectivity index (χ1v) is 13.5. The van der Waals surface area contributed by atoms with Gasteiger partial charge in [0.25, 0.3) is 0 Å². The van der Waals surface area contributed by atoms with Gasteiger partial charge in [-0.1, -0.05) is 72.8 Å². The highest BCUT2D eigenvalue weighted by Crippen LogP contribution is 2.19. The van der Waals surface area contributed by atoms with E-state index in [4.69, 9.17) is 4.74 Å². The van der Waals surface area contributed by atoms with Crippen LogP contribution in [0.3, 0.4) is 0 Å². The molecule has 2 aromatic carbocycles. The number of aliphatic hydroxyl groups excluding tert-OH is 1. The van der Waals surface area contributed by atoms with Crippen LogP contribution in [0, 0.1) is 11.8 Å². The topological polar surface area (TPSA) is 105 Å². The average Bonchev–Trinajstić information content (AvgIpc) is 2.92. The van der Waals surface area contributed by atoms with Crippen LogP contribution in [0.15, 0.2) is 72.8 Å². The van der Waals surface area contributed by atoms with Crippen LogP contribution < -0.4 is 10.6 Å². The van der Waals surface area contributed by atoms with Crippen LogP contribution in [0.2, 0.25) is 0 Å². The Bertz CT molecular complexity index is 1040. The van der Waals surface area contributed by atoms with Gasteiger partial charge in [-0.15, -0.1) is 0 Å². The fourth-order valence-corrected chi connectivity index (χ4v) is 4.62. The lowest BCUT2D eigenvalue weighted by Gasteiger charge is -2.24. The molecule has 1 aliphatic rings. The molecule has 7 nitrogen and oxygen atoms in total. The number of aliphatic hydroxyl groups is 1. The quantitative estimate of drug-likeness (QED) is 0.363. The van der Waals surface area contributed by atoms with Gasteiger partial charge in [-0.25, -0.2) is 0 Å². The molecule has 1 heterocycles. The van der Waals surface area contributed by atoms with E-state index in [-0.39, 0.29) is 49.4 Å². The molecule has 0 spiro atoms. The third kappa shape index (κ3) is 10.1. The molecule has 0 radical (unpaired) electrons. The molecule has 2 aromatic rings.